The van der Waals surface area contributed by atoms with Gasteiger partial charge in [0.15, 0.2) is 0 Å². The van der Waals surface area contributed by atoms with Gasteiger partial charge in [0, 0.05) is 55.8 Å². The molecule has 2 atom stereocenters. The van der Waals surface area contributed by atoms with Gasteiger partial charge in [0.25, 0.3) is 5.91 Å². The lowest BCUT2D eigenvalue weighted by atomic mass is 9.92. The molecule has 30 heavy (non-hydrogen) atoms. The summed E-state index contributed by atoms with van der Waals surface area (Å²) in [5.41, 5.74) is 3.00. The fourth-order valence-electron chi connectivity index (χ4n) is 4.79. The van der Waals surface area contributed by atoms with Crippen LogP contribution in [0.25, 0.3) is 0 Å². The van der Waals surface area contributed by atoms with E-state index in [1.165, 1.54) is 5.56 Å². The second-order valence-corrected chi connectivity index (χ2v) is 8.18. The third-order valence-electron chi connectivity index (χ3n) is 6.39. The number of aryl methyl sites for hydroxylation is 1. The van der Waals surface area contributed by atoms with Crippen LogP contribution in [0.2, 0.25) is 0 Å². The van der Waals surface area contributed by atoms with E-state index in [0.717, 1.165) is 50.3 Å². The van der Waals surface area contributed by atoms with Gasteiger partial charge >= 0.3 is 0 Å². The number of methoxy groups -OCH3 is 1. The number of carbonyl (C=O) groups excluding carboxylic acids is 1. The molecule has 0 spiro atoms. The monoisotopic (exact) mass is 402 g/mol. The van der Waals surface area contributed by atoms with E-state index in [1.54, 1.807) is 13.3 Å². The number of aromatic nitrogens is 3. The molecule has 0 bridgehead atoms. The van der Waals surface area contributed by atoms with Gasteiger partial charge in [-0.05, 0) is 24.5 Å². The van der Waals surface area contributed by atoms with Gasteiger partial charge < -0.3 is 14.2 Å². The molecule has 1 aromatic carbocycles. The lowest BCUT2D eigenvalue weighted by molar-refractivity contribution is 0.0785. The third kappa shape index (κ3) is 3.47. The van der Waals surface area contributed by atoms with E-state index in [1.807, 2.05) is 23.2 Å². The Morgan fingerprint density at radius 3 is 2.77 bits per heavy atom. The Hall–Kier alpha value is -3.15. The number of hydrogen-bond acceptors (Lipinski definition) is 4. The van der Waals surface area contributed by atoms with E-state index in [-0.39, 0.29) is 5.91 Å². The molecule has 2 unspecified atom stereocenters. The Bertz CT molecular complexity index is 1050. The van der Waals surface area contributed by atoms with Crippen LogP contribution in [-0.4, -0.2) is 45.5 Å². The van der Waals surface area contributed by atoms with Crippen LogP contribution >= 0.6 is 0 Å². The molecule has 3 aromatic rings. The number of likely N-dealkylation sites (tertiary alicyclic amines) is 1. The molecule has 6 heteroatoms. The van der Waals surface area contributed by atoms with Crippen molar-refractivity contribution in [2.45, 2.75) is 37.6 Å². The van der Waals surface area contributed by atoms with Crippen LogP contribution in [0.1, 0.15) is 52.1 Å². The van der Waals surface area contributed by atoms with Crippen molar-refractivity contribution >= 4 is 5.91 Å². The van der Waals surface area contributed by atoms with Crippen molar-refractivity contribution in [3.8, 4) is 5.88 Å². The number of hydrogen-bond donors (Lipinski definition) is 0. The van der Waals surface area contributed by atoms with E-state index in [0.29, 0.717) is 23.4 Å². The quantitative estimate of drug-likeness (QED) is 0.668. The molecule has 4 heterocycles. The van der Waals surface area contributed by atoms with Crippen molar-refractivity contribution in [2.75, 3.05) is 20.2 Å². The SMILES string of the molecule is COc1ncccc1C1CCc2nc(C(=O)N3CCC(c4ccccc4)C3)cn2C1. The maximum absolute atomic E-state index is 13.1. The normalized spacial score (nSPS) is 20.8. The molecule has 0 radical (unpaired) electrons. The molecule has 6 nitrogen and oxygen atoms in total. The Morgan fingerprint density at radius 1 is 1.07 bits per heavy atom. The second-order valence-electron chi connectivity index (χ2n) is 8.18. The number of benzene rings is 1. The van der Waals surface area contributed by atoms with Crippen LogP contribution in [-0.2, 0) is 13.0 Å². The topological polar surface area (TPSA) is 60.3 Å². The average Bonchev–Trinajstić information content (AvgIpc) is 3.46. The molecule has 0 N–H and O–H groups in total. The highest BCUT2D eigenvalue weighted by atomic mass is 16.5. The molecule has 0 aliphatic carbocycles. The van der Waals surface area contributed by atoms with Gasteiger partial charge in [-0.25, -0.2) is 9.97 Å². The van der Waals surface area contributed by atoms with E-state index in [4.69, 9.17) is 4.74 Å². The number of carbonyl (C=O) groups is 1. The highest BCUT2D eigenvalue weighted by Gasteiger charge is 2.31. The van der Waals surface area contributed by atoms with Crippen LogP contribution in [0, 0.1) is 0 Å². The Kier molecular flexibility index (Phi) is 4.99. The molecule has 5 rings (SSSR count). The average molecular weight is 402 g/mol. The van der Waals surface area contributed by atoms with Gasteiger partial charge in [-0.15, -0.1) is 0 Å². The van der Waals surface area contributed by atoms with Gasteiger partial charge in [0.1, 0.15) is 11.5 Å². The largest absolute Gasteiger partial charge is 0.481 e. The summed E-state index contributed by atoms with van der Waals surface area (Å²) in [4.78, 5) is 24.1. The van der Waals surface area contributed by atoms with Crippen LogP contribution in [0.3, 0.4) is 0 Å². The maximum Gasteiger partial charge on any atom is 0.274 e. The number of pyridine rings is 1. The first-order valence-corrected chi connectivity index (χ1v) is 10.6. The minimum Gasteiger partial charge on any atom is -0.481 e. The van der Waals surface area contributed by atoms with E-state index >= 15 is 0 Å². The standard InChI is InChI=1S/C24H26N4O2/c1-30-23-20(8-5-12-25-23)19-9-10-22-26-21(16-28(22)15-19)24(29)27-13-11-18(14-27)17-6-3-2-4-7-17/h2-8,12,16,18-19H,9-11,13-15H2,1H3. The number of imidazole rings is 1. The van der Waals surface area contributed by atoms with E-state index < -0.39 is 0 Å². The minimum atomic E-state index is 0.0471. The molecule has 2 aromatic heterocycles. The van der Waals surface area contributed by atoms with Crippen LogP contribution < -0.4 is 4.74 Å². The lowest BCUT2D eigenvalue weighted by Crippen LogP contribution is -2.28. The first-order chi connectivity index (χ1) is 14.7. The van der Waals surface area contributed by atoms with Gasteiger partial charge in [0.05, 0.1) is 7.11 Å². The van der Waals surface area contributed by atoms with Gasteiger partial charge in [-0.2, -0.15) is 0 Å². The number of fused-ring (bicyclic) bond motifs is 1. The van der Waals surface area contributed by atoms with Crippen molar-refractivity contribution < 1.29 is 9.53 Å². The molecule has 1 saturated heterocycles. The highest BCUT2D eigenvalue weighted by Crippen LogP contribution is 2.33. The molecule has 1 fully saturated rings. The Labute approximate surface area is 176 Å². The first-order valence-electron chi connectivity index (χ1n) is 10.6. The molecule has 0 saturated carbocycles. The maximum atomic E-state index is 13.1. The van der Waals surface area contributed by atoms with Gasteiger partial charge in [0.2, 0.25) is 5.88 Å². The van der Waals surface area contributed by atoms with Crippen molar-refractivity contribution in [3.05, 3.63) is 77.5 Å². The van der Waals surface area contributed by atoms with E-state index in [9.17, 15) is 4.79 Å². The van der Waals surface area contributed by atoms with Crippen molar-refractivity contribution in [2.24, 2.45) is 0 Å². The lowest BCUT2D eigenvalue weighted by Gasteiger charge is -2.24. The van der Waals surface area contributed by atoms with Gasteiger partial charge in [-0.1, -0.05) is 36.4 Å². The second kappa shape index (κ2) is 7.94. The third-order valence-corrected chi connectivity index (χ3v) is 6.39. The van der Waals surface area contributed by atoms with Crippen LogP contribution in [0.4, 0.5) is 0 Å². The number of nitrogens with zero attached hydrogens (tertiary/aromatic N) is 4. The summed E-state index contributed by atoms with van der Waals surface area (Å²) in [5, 5.41) is 0. The van der Waals surface area contributed by atoms with Gasteiger partial charge in [-0.3, -0.25) is 4.79 Å². The number of amides is 1. The number of rotatable bonds is 4. The molecular formula is C24H26N4O2. The van der Waals surface area contributed by atoms with Crippen LogP contribution in [0.5, 0.6) is 5.88 Å². The fraction of sp³-hybridized carbons (Fsp3) is 0.375. The van der Waals surface area contributed by atoms with E-state index in [2.05, 4.69) is 44.9 Å². The Morgan fingerprint density at radius 2 is 1.93 bits per heavy atom. The zero-order valence-electron chi connectivity index (χ0n) is 17.2. The summed E-state index contributed by atoms with van der Waals surface area (Å²) in [6, 6.07) is 14.5. The predicted octanol–water partition coefficient (Wildman–Crippen LogP) is 3.65. The zero-order valence-corrected chi connectivity index (χ0v) is 17.2. The zero-order chi connectivity index (χ0) is 20.5. The minimum absolute atomic E-state index is 0.0471. The van der Waals surface area contributed by atoms with Crippen LogP contribution in [0.15, 0.2) is 54.9 Å². The first kappa shape index (κ1) is 18.9. The molecule has 2 aliphatic heterocycles. The summed E-state index contributed by atoms with van der Waals surface area (Å²) in [5.74, 6) is 2.45. The summed E-state index contributed by atoms with van der Waals surface area (Å²) >= 11 is 0. The fourth-order valence-corrected chi connectivity index (χ4v) is 4.79. The summed E-state index contributed by atoms with van der Waals surface area (Å²) in [7, 11) is 1.66. The van der Waals surface area contributed by atoms with Crippen molar-refractivity contribution in [1.82, 2.24) is 19.4 Å². The summed E-state index contributed by atoms with van der Waals surface area (Å²) in [6.45, 7) is 2.35. The van der Waals surface area contributed by atoms with Crippen molar-refractivity contribution in [3.63, 3.8) is 0 Å². The Balaban J connectivity index is 1.30. The smallest absolute Gasteiger partial charge is 0.274 e. The highest BCUT2D eigenvalue weighted by molar-refractivity contribution is 5.92. The predicted molar refractivity (Wildman–Crippen MR) is 114 cm³/mol. The summed E-state index contributed by atoms with van der Waals surface area (Å²) in [6.07, 6.45) is 6.52. The summed E-state index contributed by atoms with van der Waals surface area (Å²) < 4.78 is 7.58. The molecule has 2 aliphatic rings. The van der Waals surface area contributed by atoms with Crippen molar-refractivity contribution in [1.29, 1.82) is 0 Å². The molecule has 154 valence electrons. The molecular weight excluding hydrogens is 376 g/mol. The molecule has 1 amide bonds. The number of ether oxygens (including phenoxy) is 1.